The lowest BCUT2D eigenvalue weighted by atomic mass is 9.97. The molecule has 0 aliphatic carbocycles. The Balaban J connectivity index is 1.31. The molecule has 6 nitrogen and oxygen atoms in total. The zero-order valence-corrected chi connectivity index (χ0v) is 17.7. The van der Waals surface area contributed by atoms with Crippen molar-refractivity contribution in [3.05, 3.63) is 57.9 Å². The van der Waals surface area contributed by atoms with Crippen molar-refractivity contribution in [1.29, 1.82) is 0 Å². The maximum Gasteiger partial charge on any atom is 0.309 e. The minimum absolute atomic E-state index is 0.0118. The summed E-state index contributed by atoms with van der Waals surface area (Å²) in [6.07, 6.45) is 3.66. The number of piperidine rings is 1. The predicted molar refractivity (Wildman–Crippen MR) is 116 cm³/mol. The summed E-state index contributed by atoms with van der Waals surface area (Å²) in [7, 11) is 0. The van der Waals surface area contributed by atoms with Gasteiger partial charge in [0.15, 0.2) is 6.61 Å². The van der Waals surface area contributed by atoms with Crippen LogP contribution >= 0.6 is 11.3 Å². The maximum absolute atomic E-state index is 12.6. The second-order valence-corrected chi connectivity index (χ2v) is 8.42. The maximum atomic E-state index is 12.6. The number of nitrogens with zero attached hydrogens (tertiary/aromatic N) is 1. The molecular formula is C23H24N2O4S. The number of rotatable bonds is 6. The number of thiophene rings is 1. The summed E-state index contributed by atoms with van der Waals surface area (Å²) < 4.78 is 5.34. The van der Waals surface area contributed by atoms with Crippen molar-refractivity contribution in [2.24, 2.45) is 5.92 Å². The van der Waals surface area contributed by atoms with Gasteiger partial charge in [-0.15, -0.1) is 11.3 Å². The van der Waals surface area contributed by atoms with E-state index in [0.29, 0.717) is 36.4 Å². The van der Waals surface area contributed by atoms with Crippen LogP contribution in [0, 0.1) is 5.92 Å². The number of ether oxygens (including phenoxy) is 1. The number of amides is 1. The molecule has 1 N–H and O–H groups in total. The molecule has 2 aromatic heterocycles. The molecule has 0 spiro atoms. The van der Waals surface area contributed by atoms with Gasteiger partial charge in [-0.2, -0.15) is 0 Å². The van der Waals surface area contributed by atoms with Gasteiger partial charge < -0.3 is 14.6 Å². The molecule has 0 radical (unpaired) electrons. The Morgan fingerprint density at radius 2 is 1.97 bits per heavy atom. The molecule has 3 heterocycles. The minimum Gasteiger partial charge on any atom is -0.457 e. The number of aromatic amines is 1. The number of hydrogen-bond donors (Lipinski definition) is 1. The number of fused-ring (bicyclic) bond motifs is 1. The highest BCUT2D eigenvalue weighted by molar-refractivity contribution is 7.12. The molecule has 3 aromatic rings. The molecular weight excluding hydrogens is 400 g/mol. The molecule has 0 saturated carbocycles. The van der Waals surface area contributed by atoms with Gasteiger partial charge in [-0.25, -0.2) is 0 Å². The smallest absolute Gasteiger partial charge is 0.309 e. The molecule has 1 aliphatic heterocycles. The van der Waals surface area contributed by atoms with Gasteiger partial charge in [0.05, 0.1) is 10.8 Å². The predicted octanol–water partition coefficient (Wildman–Crippen LogP) is 4.07. The third-order valence-electron chi connectivity index (χ3n) is 5.68. The van der Waals surface area contributed by atoms with Gasteiger partial charge in [0.25, 0.3) is 5.91 Å². The monoisotopic (exact) mass is 424 g/mol. The van der Waals surface area contributed by atoms with E-state index in [0.717, 1.165) is 22.9 Å². The Bertz CT molecular complexity index is 1060. The highest BCUT2D eigenvalue weighted by atomic mass is 32.1. The average molecular weight is 425 g/mol. The fourth-order valence-electron chi connectivity index (χ4n) is 3.95. The van der Waals surface area contributed by atoms with Crippen LogP contribution in [0.4, 0.5) is 0 Å². The van der Waals surface area contributed by atoms with Crippen LogP contribution in [-0.2, 0) is 16.0 Å². The highest BCUT2D eigenvalue weighted by Crippen LogP contribution is 2.24. The van der Waals surface area contributed by atoms with Crippen molar-refractivity contribution in [3.63, 3.8) is 0 Å². The van der Waals surface area contributed by atoms with Crippen molar-refractivity contribution < 1.29 is 19.1 Å². The zero-order valence-electron chi connectivity index (χ0n) is 16.8. The molecule has 156 valence electrons. The number of esters is 1. The van der Waals surface area contributed by atoms with Crippen LogP contribution in [-0.4, -0.2) is 47.2 Å². The lowest BCUT2D eigenvalue weighted by molar-refractivity contribution is -0.148. The van der Waals surface area contributed by atoms with Crippen LogP contribution < -0.4 is 0 Å². The molecule has 1 aromatic carbocycles. The standard InChI is InChI=1S/C23H24N2O4S/c1-2-15-5-3-6-17-18(13-24-21(15)17)19(26)14-29-23(28)16-8-10-25(11-9-16)22(27)20-7-4-12-30-20/h3-7,12-13,16,24H,2,8-11,14H2,1H3. The SMILES string of the molecule is CCc1cccc2c(C(=O)COC(=O)C3CCN(C(=O)c4cccs4)CC3)c[nH]c12. The van der Waals surface area contributed by atoms with E-state index in [9.17, 15) is 14.4 Å². The molecule has 0 atom stereocenters. The van der Waals surface area contributed by atoms with E-state index in [1.165, 1.54) is 11.3 Å². The molecule has 1 fully saturated rings. The summed E-state index contributed by atoms with van der Waals surface area (Å²) in [6.45, 7) is 2.84. The number of aromatic nitrogens is 1. The first kappa shape index (κ1) is 20.3. The summed E-state index contributed by atoms with van der Waals surface area (Å²) in [6, 6.07) is 9.54. The largest absolute Gasteiger partial charge is 0.457 e. The first-order chi connectivity index (χ1) is 14.6. The lowest BCUT2D eigenvalue weighted by Crippen LogP contribution is -2.40. The fourth-order valence-corrected chi connectivity index (χ4v) is 4.64. The molecule has 7 heteroatoms. The highest BCUT2D eigenvalue weighted by Gasteiger charge is 2.29. The number of benzene rings is 1. The first-order valence-electron chi connectivity index (χ1n) is 10.2. The third-order valence-corrected chi connectivity index (χ3v) is 6.53. The van der Waals surface area contributed by atoms with E-state index in [1.54, 1.807) is 11.1 Å². The number of nitrogens with one attached hydrogen (secondary N) is 1. The average Bonchev–Trinajstić information content (AvgIpc) is 3.47. The number of Topliss-reactive ketones (excluding diaryl/α,β-unsaturated/α-hetero) is 1. The van der Waals surface area contributed by atoms with Gasteiger partial charge in [-0.3, -0.25) is 14.4 Å². The second kappa shape index (κ2) is 8.83. The lowest BCUT2D eigenvalue weighted by Gasteiger charge is -2.30. The minimum atomic E-state index is -0.360. The molecule has 0 unspecified atom stereocenters. The van der Waals surface area contributed by atoms with Crippen LogP contribution in [0.2, 0.25) is 0 Å². The molecule has 1 amide bonds. The third kappa shape index (κ3) is 4.03. The van der Waals surface area contributed by atoms with Crippen molar-refractivity contribution in [3.8, 4) is 0 Å². The van der Waals surface area contributed by atoms with Gasteiger partial charge in [-0.1, -0.05) is 31.2 Å². The van der Waals surface area contributed by atoms with Gasteiger partial charge in [-0.05, 0) is 36.3 Å². The summed E-state index contributed by atoms with van der Waals surface area (Å²) in [5, 5.41) is 2.74. The summed E-state index contributed by atoms with van der Waals surface area (Å²) in [5.74, 6) is -0.841. The number of H-pyrrole nitrogens is 1. The van der Waals surface area contributed by atoms with Gasteiger partial charge in [0.2, 0.25) is 5.78 Å². The Hall–Kier alpha value is -2.93. The number of ketones is 1. The van der Waals surface area contributed by atoms with Crippen LogP contribution in [0.1, 0.15) is 45.4 Å². The van der Waals surface area contributed by atoms with Crippen LogP contribution in [0.25, 0.3) is 10.9 Å². The Labute approximate surface area is 178 Å². The first-order valence-corrected chi connectivity index (χ1v) is 11.1. The Morgan fingerprint density at radius 1 is 1.17 bits per heavy atom. The van der Waals surface area contributed by atoms with Crippen molar-refractivity contribution in [1.82, 2.24) is 9.88 Å². The molecule has 0 bridgehead atoms. The zero-order chi connectivity index (χ0) is 21.1. The van der Waals surface area contributed by atoms with E-state index in [2.05, 4.69) is 11.9 Å². The van der Waals surface area contributed by atoms with Crippen LogP contribution in [0.15, 0.2) is 41.9 Å². The van der Waals surface area contributed by atoms with Crippen molar-refractivity contribution in [2.75, 3.05) is 19.7 Å². The molecule has 1 saturated heterocycles. The van der Waals surface area contributed by atoms with Crippen molar-refractivity contribution in [2.45, 2.75) is 26.2 Å². The molecule has 1 aliphatic rings. The quantitative estimate of drug-likeness (QED) is 0.478. The van der Waals surface area contributed by atoms with E-state index in [1.807, 2.05) is 35.7 Å². The summed E-state index contributed by atoms with van der Waals surface area (Å²) in [5.41, 5.74) is 2.65. The van der Waals surface area contributed by atoms with Crippen molar-refractivity contribution >= 4 is 39.9 Å². The van der Waals surface area contributed by atoms with Crippen LogP contribution in [0.5, 0.6) is 0 Å². The van der Waals surface area contributed by atoms with Gasteiger partial charge in [0.1, 0.15) is 0 Å². The number of carbonyl (C=O) groups is 3. The Morgan fingerprint density at radius 3 is 2.67 bits per heavy atom. The van der Waals surface area contributed by atoms with E-state index >= 15 is 0 Å². The number of carbonyl (C=O) groups excluding carboxylic acids is 3. The van der Waals surface area contributed by atoms with E-state index < -0.39 is 0 Å². The normalized spacial score (nSPS) is 14.8. The molecule has 30 heavy (non-hydrogen) atoms. The second-order valence-electron chi connectivity index (χ2n) is 7.47. The fraction of sp³-hybridized carbons (Fsp3) is 0.348. The van der Waals surface area contributed by atoms with Crippen LogP contribution in [0.3, 0.4) is 0 Å². The number of aryl methyl sites for hydroxylation is 1. The van der Waals surface area contributed by atoms with Gasteiger partial charge in [0, 0.05) is 35.8 Å². The van der Waals surface area contributed by atoms with Gasteiger partial charge >= 0.3 is 5.97 Å². The summed E-state index contributed by atoms with van der Waals surface area (Å²) >= 11 is 1.42. The summed E-state index contributed by atoms with van der Waals surface area (Å²) in [4.78, 5) is 43.2. The van der Waals surface area contributed by atoms with E-state index in [4.69, 9.17) is 4.74 Å². The molecule has 4 rings (SSSR count). The number of para-hydroxylation sites is 1. The number of hydrogen-bond acceptors (Lipinski definition) is 5. The Kier molecular flexibility index (Phi) is 5.99. The van der Waals surface area contributed by atoms with E-state index in [-0.39, 0.29) is 30.2 Å². The number of likely N-dealkylation sites (tertiary alicyclic amines) is 1. The topological polar surface area (TPSA) is 79.5 Å².